The van der Waals surface area contributed by atoms with E-state index in [1.807, 2.05) is 37.4 Å². The summed E-state index contributed by atoms with van der Waals surface area (Å²) in [6.45, 7) is 4.60. The van der Waals surface area contributed by atoms with Crippen molar-refractivity contribution in [2.45, 2.75) is 13.8 Å². The number of rotatable bonds is 6. The first-order valence-corrected chi connectivity index (χ1v) is 8.34. The Kier molecular flexibility index (Phi) is 6.11. The Morgan fingerprint density at radius 2 is 1.87 bits per heavy atom. The molecule has 0 saturated heterocycles. The molecule has 0 aliphatic carbocycles. The molecule has 5 heteroatoms. The fraction of sp³-hybridized carbons (Fsp3) is 0.222. The van der Waals surface area contributed by atoms with E-state index >= 15 is 0 Å². The first-order valence-electron chi connectivity index (χ1n) is 7.46. The summed E-state index contributed by atoms with van der Waals surface area (Å²) in [4.78, 5) is 25.6. The number of amides is 2. The van der Waals surface area contributed by atoms with Crippen LogP contribution in [-0.4, -0.2) is 18.4 Å². The second-order valence-electron chi connectivity index (χ2n) is 5.50. The Hall–Kier alpha value is -2.40. The monoisotopic (exact) mass is 328 g/mol. The quantitative estimate of drug-likeness (QED) is 0.800. The first kappa shape index (κ1) is 17.0. The Bertz CT molecular complexity index is 676. The number of benzene rings is 1. The van der Waals surface area contributed by atoms with Gasteiger partial charge in [0.25, 0.3) is 11.8 Å². The molecule has 2 N–H and O–H groups in total. The molecule has 23 heavy (non-hydrogen) atoms. The third kappa shape index (κ3) is 5.38. The molecule has 2 rings (SSSR count). The lowest BCUT2D eigenvalue weighted by Gasteiger charge is -2.12. The van der Waals surface area contributed by atoms with Gasteiger partial charge in [0, 0.05) is 17.0 Å². The molecule has 0 aliphatic rings. The third-order valence-electron chi connectivity index (χ3n) is 3.03. The Balaban J connectivity index is 2.16. The summed E-state index contributed by atoms with van der Waals surface area (Å²) in [5.74, 6) is -0.240. The van der Waals surface area contributed by atoms with E-state index in [1.165, 1.54) is 11.3 Å². The zero-order valence-electron chi connectivity index (χ0n) is 13.2. The van der Waals surface area contributed by atoms with E-state index < -0.39 is 0 Å². The van der Waals surface area contributed by atoms with Crippen LogP contribution in [0.5, 0.6) is 0 Å². The van der Waals surface area contributed by atoms with Crippen LogP contribution in [0.25, 0.3) is 6.08 Å². The molecule has 4 nitrogen and oxygen atoms in total. The van der Waals surface area contributed by atoms with Gasteiger partial charge in [-0.1, -0.05) is 38.1 Å². The van der Waals surface area contributed by atoms with Crippen LogP contribution in [0, 0.1) is 5.92 Å². The Morgan fingerprint density at radius 3 is 2.48 bits per heavy atom. The van der Waals surface area contributed by atoms with Crippen molar-refractivity contribution in [3.63, 3.8) is 0 Å². The van der Waals surface area contributed by atoms with E-state index in [9.17, 15) is 9.59 Å². The largest absolute Gasteiger partial charge is 0.351 e. The zero-order chi connectivity index (χ0) is 16.7. The minimum absolute atomic E-state index is 0.252. The molecule has 120 valence electrons. The highest BCUT2D eigenvalue weighted by Gasteiger charge is 2.14. The van der Waals surface area contributed by atoms with E-state index in [2.05, 4.69) is 10.6 Å². The molecule has 0 radical (unpaired) electrons. The molecule has 2 aromatic rings. The van der Waals surface area contributed by atoms with Crippen molar-refractivity contribution in [1.82, 2.24) is 10.6 Å². The van der Waals surface area contributed by atoms with E-state index in [0.29, 0.717) is 18.0 Å². The lowest BCUT2D eigenvalue weighted by atomic mass is 10.2. The first-order chi connectivity index (χ1) is 11.1. The molecule has 0 spiro atoms. The van der Waals surface area contributed by atoms with Crippen LogP contribution in [0.2, 0.25) is 0 Å². The lowest BCUT2D eigenvalue weighted by molar-refractivity contribution is -0.117. The fourth-order valence-electron chi connectivity index (χ4n) is 1.85. The average Bonchev–Trinajstić information content (AvgIpc) is 3.05. The zero-order valence-corrected chi connectivity index (χ0v) is 14.0. The fourth-order valence-corrected chi connectivity index (χ4v) is 2.51. The van der Waals surface area contributed by atoms with Gasteiger partial charge in [-0.05, 0) is 35.6 Å². The predicted octanol–water partition coefficient (Wildman–Crippen LogP) is 3.29. The van der Waals surface area contributed by atoms with Gasteiger partial charge in [0.15, 0.2) is 0 Å². The summed E-state index contributed by atoms with van der Waals surface area (Å²) in [5.41, 5.74) is 0.767. The standard InChI is InChI=1S/C18H20N2O2S/c1-13(2)12-19-18(22)16(11-15-9-6-10-23-15)20-17(21)14-7-4-3-5-8-14/h3-11,13H,12H2,1-2H3,(H,19,22)(H,20,21)/b16-11-. The number of carbonyl (C=O) groups is 2. The minimum Gasteiger partial charge on any atom is -0.351 e. The SMILES string of the molecule is CC(C)CNC(=O)/C(=C/c1cccs1)NC(=O)c1ccccc1. The molecular formula is C18H20N2O2S. The second kappa shape index (κ2) is 8.29. The molecule has 0 saturated carbocycles. The van der Waals surface area contributed by atoms with Gasteiger partial charge in [-0.15, -0.1) is 11.3 Å². The number of nitrogens with one attached hydrogen (secondary N) is 2. The number of hydrogen-bond acceptors (Lipinski definition) is 3. The van der Waals surface area contributed by atoms with Gasteiger partial charge >= 0.3 is 0 Å². The topological polar surface area (TPSA) is 58.2 Å². The Morgan fingerprint density at radius 1 is 1.13 bits per heavy atom. The van der Waals surface area contributed by atoms with Crippen molar-refractivity contribution in [3.05, 3.63) is 64.0 Å². The van der Waals surface area contributed by atoms with Crippen molar-refractivity contribution in [3.8, 4) is 0 Å². The molecule has 2 amide bonds. The third-order valence-corrected chi connectivity index (χ3v) is 3.85. The van der Waals surface area contributed by atoms with E-state index in [0.717, 1.165) is 4.88 Å². The molecule has 0 atom stereocenters. The lowest BCUT2D eigenvalue weighted by Crippen LogP contribution is -2.36. The van der Waals surface area contributed by atoms with E-state index in [-0.39, 0.29) is 17.5 Å². The summed E-state index contributed by atoms with van der Waals surface area (Å²) < 4.78 is 0. The van der Waals surface area contributed by atoms with Crippen molar-refractivity contribution in [2.75, 3.05) is 6.54 Å². The number of thiophene rings is 1. The second-order valence-corrected chi connectivity index (χ2v) is 6.48. The molecular weight excluding hydrogens is 308 g/mol. The van der Waals surface area contributed by atoms with Crippen LogP contribution in [-0.2, 0) is 4.79 Å². The number of hydrogen-bond donors (Lipinski definition) is 2. The molecule has 1 heterocycles. The summed E-state index contributed by atoms with van der Waals surface area (Å²) in [6.07, 6.45) is 1.70. The minimum atomic E-state index is -0.298. The van der Waals surface area contributed by atoms with Crippen LogP contribution < -0.4 is 10.6 Å². The van der Waals surface area contributed by atoms with Crippen molar-refractivity contribution in [1.29, 1.82) is 0 Å². The predicted molar refractivity (Wildman–Crippen MR) is 94.1 cm³/mol. The van der Waals surface area contributed by atoms with Crippen LogP contribution >= 0.6 is 11.3 Å². The molecule has 0 fully saturated rings. The van der Waals surface area contributed by atoms with E-state index in [1.54, 1.807) is 30.3 Å². The van der Waals surface area contributed by atoms with Gasteiger partial charge in [-0.3, -0.25) is 9.59 Å². The van der Waals surface area contributed by atoms with Crippen LogP contribution in [0.3, 0.4) is 0 Å². The summed E-state index contributed by atoms with van der Waals surface area (Å²) in [5, 5.41) is 7.47. The van der Waals surface area contributed by atoms with Gasteiger partial charge in [0.05, 0.1) is 0 Å². The molecule has 1 aromatic heterocycles. The highest BCUT2D eigenvalue weighted by atomic mass is 32.1. The van der Waals surface area contributed by atoms with Gasteiger partial charge < -0.3 is 10.6 Å². The van der Waals surface area contributed by atoms with Gasteiger partial charge in [0.2, 0.25) is 0 Å². The van der Waals surface area contributed by atoms with Crippen LogP contribution in [0.1, 0.15) is 29.1 Å². The van der Waals surface area contributed by atoms with E-state index in [4.69, 9.17) is 0 Å². The normalized spacial score (nSPS) is 11.3. The van der Waals surface area contributed by atoms with Gasteiger partial charge in [-0.25, -0.2) is 0 Å². The smallest absolute Gasteiger partial charge is 0.267 e. The van der Waals surface area contributed by atoms with Crippen molar-refractivity contribution < 1.29 is 9.59 Å². The molecule has 0 bridgehead atoms. The molecule has 0 aliphatic heterocycles. The van der Waals surface area contributed by atoms with Crippen molar-refractivity contribution in [2.24, 2.45) is 5.92 Å². The number of carbonyl (C=O) groups excluding carboxylic acids is 2. The maximum Gasteiger partial charge on any atom is 0.267 e. The summed E-state index contributed by atoms with van der Waals surface area (Å²) in [6, 6.07) is 12.6. The van der Waals surface area contributed by atoms with Gasteiger partial charge in [0.1, 0.15) is 5.70 Å². The maximum absolute atomic E-state index is 12.4. The average molecular weight is 328 g/mol. The molecule has 0 unspecified atom stereocenters. The summed E-state index contributed by atoms with van der Waals surface area (Å²) in [7, 11) is 0. The van der Waals surface area contributed by atoms with Crippen molar-refractivity contribution >= 4 is 29.2 Å². The summed E-state index contributed by atoms with van der Waals surface area (Å²) >= 11 is 1.51. The molecule has 1 aromatic carbocycles. The van der Waals surface area contributed by atoms with Crippen LogP contribution in [0.4, 0.5) is 0 Å². The highest BCUT2D eigenvalue weighted by molar-refractivity contribution is 7.10. The maximum atomic E-state index is 12.4. The highest BCUT2D eigenvalue weighted by Crippen LogP contribution is 2.13. The van der Waals surface area contributed by atoms with Crippen LogP contribution in [0.15, 0.2) is 53.5 Å². The van der Waals surface area contributed by atoms with Gasteiger partial charge in [-0.2, -0.15) is 0 Å². The Labute approximate surface area is 140 Å².